The minimum atomic E-state index is -0.198. The van der Waals surface area contributed by atoms with Gasteiger partial charge in [-0.3, -0.25) is 4.79 Å². The maximum atomic E-state index is 12.0. The fraction of sp³-hybridized carbons (Fsp3) is 0.500. The second kappa shape index (κ2) is 6.43. The van der Waals surface area contributed by atoms with Gasteiger partial charge in [0.05, 0.1) is 17.0 Å². The Morgan fingerprint density at radius 1 is 1.43 bits per heavy atom. The van der Waals surface area contributed by atoms with Crippen LogP contribution in [0.3, 0.4) is 0 Å². The standard InChI is InChI=1S/C16H19NO3S/c1-11-13(17-16(19-11)14-8-5-9-21-14)10-15(18)20-12-6-3-2-4-7-12/h5,8-9,12H,2-4,6-7,10H2,1H3. The molecule has 0 unspecified atom stereocenters. The third-order valence-electron chi connectivity index (χ3n) is 3.79. The summed E-state index contributed by atoms with van der Waals surface area (Å²) < 4.78 is 11.2. The van der Waals surface area contributed by atoms with Crippen molar-refractivity contribution in [3.8, 4) is 10.8 Å². The molecule has 2 heterocycles. The van der Waals surface area contributed by atoms with Gasteiger partial charge < -0.3 is 9.15 Å². The van der Waals surface area contributed by atoms with Gasteiger partial charge in [-0.05, 0) is 44.1 Å². The molecule has 1 aliphatic carbocycles. The van der Waals surface area contributed by atoms with Crippen LogP contribution in [0.4, 0.5) is 0 Å². The van der Waals surface area contributed by atoms with Crippen molar-refractivity contribution in [2.45, 2.75) is 51.6 Å². The summed E-state index contributed by atoms with van der Waals surface area (Å²) in [6.45, 7) is 1.84. The molecule has 0 aromatic carbocycles. The zero-order valence-electron chi connectivity index (χ0n) is 12.1. The van der Waals surface area contributed by atoms with Crippen molar-refractivity contribution in [3.05, 3.63) is 29.0 Å². The van der Waals surface area contributed by atoms with Gasteiger partial charge in [0.15, 0.2) is 0 Å². The van der Waals surface area contributed by atoms with Crippen LogP contribution in [-0.2, 0) is 16.0 Å². The van der Waals surface area contributed by atoms with Gasteiger partial charge in [0.25, 0.3) is 0 Å². The van der Waals surface area contributed by atoms with Crippen LogP contribution < -0.4 is 0 Å². The molecular weight excluding hydrogens is 286 g/mol. The largest absolute Gasteiger partial charge is 0.462 e. The van der Waals surface area contributed by atoms with Crippen molar-refractivity contribution >= 4 is 17.3 Å². The Hall–Kier alpha value is -1.62. The first-order valence-corrected chi connectivity index (χ1v) is 8.30. The van der Waals surface area contributed by atoms with Crippen molar-refractivity contribution in [1.29, 1.82) is 0 Å². The fourth-order valence-corrected chi connectivity index (χ4v) is 3.29. The zero-order valence-corrected chi connectivity index (χ0v) is 12.9. The number of carbonyl (C=O) groups excluding carboxylic acids is 1. The highest BCUT2D eigenvalue weighted by Gasteiger charge is 2.20. The molecule has 0 atom stereocenters. The molecule has 1 fully saturated rings. The normalized spacial score (nSPS) is 16.0. The maximum absolute atomic E-state index is 12.0. The summed E-state index contributed by atoms with van der Waals surface area (Å²) in [7, 11) is 0. The zero-order chi connectivity index (χ0) is 14.7. The minimum Gasteiger partial charge on any atom is -0.462 e. The minimum absolute atomic E-state index is 0.0928. The third kappa shape index (κ3) is 3.53. The molecule has 2 aromatic rings. The Morgan fingerprint density at radius 3 is 2.95 bits per heavy atom. The lowest BCUT2D eigenvalue weighted by molar-refractivity contribution is -0.149. The molecule has 0 radical (unpaired) electrons. The second-order valence-corrected chi connectivity index (χ2v) is 6.37. The first-order chi connectivity index (χ1) is 10.2. The van der Waals surface area contributed by atoms with E-state index in [0.29, 0.717) is 17.3 Å². The van der Waals surface area contributed by atoms with Crippen LogP contribution in [0.25, 0.3) is 10.8 Å². The van der Waals surface area contributed by atoms with Crippen LogP contribution in [0.1, 0.15) is 43.6 Å². The monoisotopic (exact) mass is 305 g/mol. The second-order valence-electron chi connectivity index (χ2n) is 5.43. The summed E-state index contributed by atoms with van der Waals surface area (Å²) in [5.74, 6) is 1.08. The molecule has 1 saturated carbocycles. The van der Waals surface area contributed by atoms with Crippen LogP contribution in [0.5, 0.6) is 0 Å². The van der Waals surface area contributed by atoms with Crippen molar-refractivity contribution < 1.29 is 13.9 Å². The van der Waals surface area contributed by atoms with E-state index in [2.05, 4.69) is 4.98 Å². The Bertz CT molecular complexity index is 597. The number of hydrogen-bond acceptors (Lipinski definition) is 5. The van der Waals surface area contributed by atoms with Gasteiger partial charge in [-0.25, -0.2) is 4.98 Å². The highest BCUT2D eigenvalue weighted by molar-refractivity contribution is 7.13. The molecule has 0 N–H and O–H groups in total. The topological polar surface area (TPSA) is 52.3 Å². The van der Waals surface area contributed by atoms with Crippen LogP contribution in [-0.4, -0.2) is 17.1 Å². The molecule has 1 aliphatic rings. The SMILES string of the molecule is Cc1oc(-c2cccs2)nc1CC(=O)OC1CCCCC1. The highest BCUT2D eigenvalue weighted by Crippen LogP contribution is 2.26. The number of hydrogen-bond donors (Lipinski definition) is 0. The molecular formula is C16H19NO3S. The molecule has 5 heteroatoms. The van der Waals surface area contributed by atoms with Gasteiger partial charge in [0.2, 0.25) is 5.89 Å². The van der Waals surface area contributed by atoms with Crippen molar-refractivity contribution in [1.82, 2.24) is 4.98 Å². The number of ether oxygens (including phenoxy) is 1. The van der Waals surface area contributed by atoms with Crippen LogP contribution in [0.2, 0.25) is 0 Å². The van der Waals surface area contributed by atoms with Gasteiger partial charge in [-0.2, -0.15) is 0 Å². The van der Waals surface area contributed by atoms with E-state index in [4.69, 9.17) is 9.15 Å². The van der Waals surface area contributed by atoms with E-state index < -0.39 is 0 Å². The molecule has 0 saturated heterocycles. The summed E-state index contributed by atoms with van der Waals surface area (Å²) >= 11 is 1.57. The Kier molecular flexibility index (Phi) is 4.39. The molecule has 0 amide bonds. The summed E-state index contributed by atoms with van der Waals surface area (Å²) in [4.78, 5) is 17.4. The molecule has 112 valence electrons. The third-order valence-corrected chi connectivity index (χ3v) is 4.64. The number of rotatable bonds is 4. The lowest BCUT2D eigenvalue weighted by Crippen LogP contribution is -2.22. The quantitative estimate of drug-likeness (QED) is 0.797. The number of nitrogens with zero attached hydrogens (tertiary/aromatic N) is 1. The lowest BCUT2D eigenvalue weighted by Gasteiger charge is -2.21. The van der Waals surface area contributed by atoms with E-state index in [-0.39, 0.29) is 18.5 Å². The number of thiophene rings is 1. The van der Waals surface area contributed by atoms with Gasteiger partial charge in [-0.15, -0.1) is 11.3 Å². The summed E-state index contributed by atoms with van der Waals surface area (Å²) in [6, 6.07) is 3.91. The molecule has 2 aromatic heterocycles. The van der Waals surface area contributed by atoms with E-state index in [1.54, 1.807) is 11.3 Å². The van der Waals surface area contributed by atoms with Crippen molar-refractivity contribution in [2.75, 3.05) is 0 Å². The summed E-state index contributed by atoms with van der Waals surface area (Å²) in [5.41, 5.74) is 0.680. The average Bonchev–Trinajstić information content (AvgIpc) is 3.10. The van der Waals surface area contributed by atoms with Crippen LogP contribution in [0.15, 0.2) is 21.9 Å². The lowest BCUT2D eigenvalue weighted by atomic mass is 9.98. The Balaban J connectivity index is 1.63. The van der Waals surface area contributed by atoms with Crippen LogP contribution >= 0.6 is 11.3 Å². The number of carbonyl (C=O) groups is 1. The van der Waals surface area contributed by atoms with E-state index in [1.165, 1.54) is 6.42 Å². The number of aryl methyl sites for hydroxylation is 1. The maximum Gasteiger partial charge on any atom is 0.312 e. The fourth-order valence-electron chi connectivity index (χ4n) is 2.64. The van der Waals surface area contributed by atoms with Crippen molar-refractivity contribution in [3.63, 3.8) is 0 Å². The number of aromatic nitrogens is 1. The molecule has 0 bridgehead atoms. The predicted octanol–water partition coefficient (Wildman–Crippen LogP) is 4.13. The van der Waals surface area contributed by atoms with E-state index in [9.17, 15) is 4.79 Å². The van der Waals surface area contributed by atoms with Gasteiger partial charge >= 0.3 is 5.97 Å². The summed E-state index contributed by atoms with van der Waals surface area (Å²) in [6.07, 6.45) is 5.83. The van der Waals surface area contributed by atoms with Gasteiger partial charge in [0, 0.05) is 0 Å². The summed E-state index contributed by atoms with van der Waals surface area (Å²) in [5, 5.41) is 1.98. The Labute approximate surface area is 128 Å². The number of oxazole rings is 1. The van der Waals surface area contributed by atoms with Gasteiger partial charge in [-0.1, -0.05) is 12.5 Å². The first kappa shape index (κ1) is 14.3. The van der Waals surface area contributed by atoms with Crippen LogP contribution in [0, 0.1) is 6.92 Å². The smallest absolute Gasteiger partial charge is 0.312 e. The van der Waals surface area contributed by atoms with E-state index in [0.717, 1.165) is 30.6 Å². The highest BCUT2D eigenvalue weighted by atomic mass is 32.1. The van der Waals surface area contributed by atoms with Gasteiger partial charge in [0.1, 0.15) is 11.9 Å². The van der Waals surface area contributed by atoms with E-state index >= 15 is 0 Å². The number of esters is 1. The first-order valence-electron chi connectivity index (χ1n) is 7.42. The molecule has 4 nitrogen and oxygen atoms in total. The molecule has 0 aliphatic heterocycles. The average molecular weight is 305 g/mol. The van der Waals surface area contributed by atoms with Crippen molar-refractivity contribution in [2.24, 2.45) is 0 Å². The predicted molar refractivity (Wildman–Crippen MR) is 81.2 cm³/mol. The van der Waals surface area contributed by atoms with E-state index in [1.807, 2.05) is 24.4 Å². The molecule has 21 heavy (non-hydrogen) atoms. The molecule has 0 spiro atoms. The Morgan fingerprint density at radius 2 is 2.24 bits per heavy atom. The molecule has 3 rings (SSSR count).